The highest BCUT2D eigenvalue weighted by Gasteiger charge is 2.13. The number of halogens is 1. The van der Waals surface area contributed by atoms with Crippen LogP contribution in [-0.2, 0) is 0 Å². The molecule has 0 fully saturated rings. The molecule has 5 heteroatoms. The Morgan fingerprint density at radius 3 is 2.59 bits per heavy atom. The van der Waals surface area contributed by atoms with E-state index >= 15 is 0 Å². The Hall–Kier alpha value is -1.75. The van der Waals surface area contributed by atoms with Gasteiger partial charge in [-0.2, -0.15) is 5.10 Å². The molecule has 0 unspecified atom stereocenters. The van der Waals surface area contributed by atoms with Gasteiger partial charge in [-0.1, -0.05) is 0 Å². The third kappa shape index (κ3) is 2.19. The van der Waals surface area contributed by atoms with Crippen molar-refractivity contribution in [2.24, 2.45) is 5.73 Å². The molecule has 0 amide bonds. The van der Waals surface area contributed by atoms with Gasteiger partial charge < -0.3 is 5.73 Å². The molecule has 4 nitrogen and oxygen atoms in total. The normalized spacial score (nSPS) is 12.8. The molecule has 0 aliphatic heterocycles. The molecule has 17 heavy (non-hydrogen) atoms. The Balaban J connectivity index is 2.62. The molecular weight excluding hydrogens is 219 g/mol. The lowest BCUT2D eigenvalue weighted by atomic mass is 10.1. The molecule has 90 valence electrons. The van der Waals surface area contributed by atoms with E-state index in [2.05, 4.69) is 10.1 Å². The van der Waals surface area contributed by atoms with Crippen molar-refractivity contribution < 1.29 is 4.39 Å². The molecular formula is C12H15FN4. The van der Waals surface area contributed by atoms with Gasteiger partial charge in [-0.15, -0.1) is 0 Å². The molecule has 2 N–H and O–H groups in total. The molecule has 0 saturated heterocycles. The number of nitrogens with two attached hydrogens (primary N) is 1. The van der Waals surface area contributed by atoms with Gasteiger partial charge in [-0.05, 0) is 44.5 Å². The van der Waals surface area contributed by atoms with Gasteiger partial charge in [0.15, 0.2) is 0 Å². The number of aryl methyl sites for hydroxylation is 2. The second-order valence-electron chi connectivity index (χ2n) is 4.11. The van der Waals surface area contributed by atoms with Gasteiger partial charge >= 0.3 is 0 Å². The summed E-state index contributed by atoms with van der Waals surface area (Å²) in [4.78, 5) is 4.23. The van der Waals surface area contributed by atoms with Gasteiger partial charge in [0.25, 0.3) is 0 Å². The average Bonchev–Trinajstić information content (AvgIpc) is 2.57. The van der Waals surface area contributed by atoms with E-state index < -0.39 is 0 Å². The van der Waals surface area contributed by atoms with Gasteiger partial charge in [0.1, 0.15) is 17.5 Å². The third-order valence-corrected chi connectivity index (χ3v) is 2.58. The van der Waals surface area contributed by atoms with Crippen LogP contribution in [-0.4, -0.2) is 14.8 Å². The smallest absolute Gasteiger partial charge is 0.148 e. The molecule has 2 rings (SSSR count). The zero-order chi connectivity index (χ0) is 12.6. The van der Waals surface area contributed by atoms with E-state index in [0.29, 0.717) is 5.82 Å². The first kappa shape index (κ1) is 11.7. The summed E-state index contributed by atoms with van der Waals surface area (Å²) in [5, 5.41) is 4.28. The fourth-order valence-corrected chi connectivity index (χ4v) is 1.83. The lowest BCUT2D eigenvalue weighted by molar-refractivity contribution is 0.620. The van der Waals surface area contributed by atoms with E-state index in [1.165, 1.54) is 12.1 Å². The minimum atomic E-state index is -0.296. The molecule has 1 atom stereocenters. The van der Waals surface area contributed by atoms with Crippen LogP contribution in [0.1, 0.15) is 30.2 Å². The maximum atomic E-state index is 13.2. The van der Waals surface area contributed by atoms with Crippen LogP contribution in [0.25, 0.3) is 5.69 Å². The predicted octanol–water partition coefficient (Wildman–Crippen LogP) is 2.04. The molecule has 1 aromatic carbocycles. The quantitative estimate of drug-likeness (QED) is 0.865. The minimum absolute atomic E-state index is 0.260. The summed E-state index contributed by atoms with van der Waals surface area (Å²) in [6.45, 7) is 5.49. The summed E-state index contributed by atoms with van der Waals surface area (Å²) in [5.74, 6) is 1.15. The topological polar surface area (TPSA) is 56.7 Å². The first-order chi connectivity index (χ1) is 7.99. The highest BCUT2D eigenvalue weighted by atomic mass is 19.1. The summed E-state index contributed by atoms with van der Waals surface area (Å²) < 4.78 is 14.9. The van der Waals surface area contributed by atoms with E-state index in [9.17, 15) is 4.39 Å². The van der Waals surface area contributed by atoms with Crippen molar-refractivity contribution in [1.82, 2.24) is 14.8 Å². The van der Waals surface area contributed by atoms with Crippen LogP contribution in [0.4, 0.5) is 4.39 Å². The first-order valence-electron chi connectivity index (χ1n) is 5.44. The van der Waals surface area contributed by atoms with Crippen molar-refractivity contribution in [3.05, 3.63) is 41.2 Å². The summed E-state index contributed by atoms with van der Waals surface area (Å²) in [6.07, 6.45) is 0. The number of nitrogens with zero attached hydrogens (tertiary/aromatic N) is 3. The third-order valence-electron chi connectivity index (χ3n) is 2.58. The fourth-order valence-electron chi connectivity index (χ4n) is 1.83. The van der Waals surface area contributed by atoms with Crippen LogP contribution in [0.3, 0.4) is 0 Å². The van der Waals surface area contributed by atoms with Gasteiger partial charge in [0.2, 0.25) is 0 Å². The monoisotopic (exact) mass is 234 g/mol. The SMILES string of the molecule is Cc1nc(C)n(-c2ccc(F)cc2[C@H](C)N)n1. The zero-order valence-electron chi connectivity index (χ0n) is 10.1. The standard InChI is InChI=1S/C12H15FN4/c1-7(14)11-6-10(13)4-5-12(11)17-9(3)15-8(2)16-17/h4-7H,14H2,1-3H3/t7-/m0/s1. The molecule has 0 radical (unpaired) electrons. The van der Waals surface area contributed by atoms with Gasteiger partial charge in [-0.3, -0.25) is 0 Å². The van der Waals surface area contributed by atoms with Gasteiger partial charge in [0, 0.05) is 6.04 Å². The lowest BCUT2D eigenvalue weighted by Gasteiger charge is -2.13. The van der Waals surface area contributed by atoms with Crippen LogP contribution in [0.2, 0.25) is 0 Å². The highest BCUT2D eigenvalue weighted by Crippen LogP contribution is 2.21. The molecule has 2 aromatic rings. The molecule has 0 aliphatic rings. The number of hydrogen-bond donors (Lipinski definition) is 1. The van der Waals surface area contributed by atoms with Crippen LogP contribution in [0.15, 0.2) is 18.2 Å². The van der Waals surface area contributed by atoms with E-state index in [1.54, 1.807) is 10.7 Å². The van der Waals surface area contributed by atoms with Crippen molar-refractivity contribution in [2.75, 3.05) is 0 Å². The maximum absolute atomic E-state index is 13.2. The van der Waals surface area contributed by atoms with Crippen molar-refractivity contribution in [3.63, 3.8) is 0 Å². The van der Waals surface area contributed by atoms with Crippen molar-refractivity contribution >= 4 is 0 Å². The summed E-state index contributed by atoms with van der Waals surface area (Å²) in [6, 6.07) is 4.26. The van der Waals surface area contributed by atoms with Gasteiger partial charge in [0.05, 0.1) is 5.69 Å². The van der Waals surface area contributed by atoms with Crippen molar-refractivity contribution in [1.29, 1.82) is 0 Å². The van der Waals surface area contributed by atoms with Crippen LogP contribution >= 0.6 is 0 Å². The van der Waals surface area contributed by atoms with E-state index in [4.69, 9.17) is 5.73 Å². The van der Waals surface area contributed by atoms with Crippen LogP contribution < -0.4 is 5.73 Å². The Bertz CT molecular complexity index is 545. The lowest BCUT2D eigenvalue weighted by Crippen LogP contribution is -2.12. The number of rotatable bonds is 2. The second-order valence-corrected chi connectivity index (χ2v) is 4.11. The molecule has 0 aliphatic carbocycles. The second kappa shape index (κ2) is 4.25. The van der Waals surface area contributed by atoms with Crippen LogP contribution in [0.5, 0.6) is 0 Å². The summed E-state index contributed by atoms with van der Waals surface area (Å²) in [5.41, 5.74) is 7.35. The fraction of sp³-hybridized carbons (Fsp3) is 0.333. The number of hydrogen-bond acceptors (Lipinski definition) is 3. The maximum Gasteiger partial charge on any atom is 0.148 e. The largest absolute Gasteiger partial charge is 0.324 e. The Morgan fingerprint density at radius 2 is 2.06 bits per heavy atom. The average molecular weight is 234 g/mol. The number of benzene rings is 1. The van der Waals surface area contributed by atoms with Crippen LogP contribution in [0, 0.1) is 19.7 Å². The molecule has 0 spiro atoms. The van der Waals surface area contributed by atoms with Gasteiger partial charge in [-0.25, -0.2) is 14.1 Å². The summed E-state index contributed by atoms with van der Waals surface area (Å²) >= 11 is 0. The molecule has 0 bridgehead atoms. The zero-order valence-corrected chi connectivity index (χ0v) is 10.1. The molecule has 0 saturated carbocycles. The summed E-state index contributed by atoms with van der Waals surface area (Å²) in [7, 11) is 0. The Morgan fingerprint density at radius 1 is 1.35 bits per heavy atom. The van der Waals surface area contributed by atoms with Crippen molar-refractivity contribution in [2.45, 2.75) is 26.8 Å². The predicted molar refractivity (Wildman–Crippen MR) is 63.4 cm³/mol. The first-order valence-corrected chi connectivity index (χ1v) is 5.44. The molecule has 1 heterocycles. The Kier molecular flexibility index (Phi) is 2.93. The van der Waals surface area contributed by atoms with E-state index in [0.717, 1.165) is 17.1 Å². The van der Waals surface area contributed by atoms with E-state index in [-0.39, 0.29) is 11.9 Å². The highest BCUT2D eigenvalue weighted by molar-refractivity contribution is 5.43. The van der Waals surface area contributed by atoms with Crippen molar-refractivity contribution in [3.8, 4) is 5.69 Å². The number of aromatic nitrogens is 3. The van der Waals surface area contributed by atoms with E-state index in [1.807, 2.05) is 20.8 Å². The Labute approximate surface area is 99.3 Å². The molecule has 1 aromatic heterocycles. The minimum Gasteiger partial charge on any atom is -0.324 e.